The first-order chi connectivity index (χ1) is 8.33. The largest absolute Gasteiger partial charge is 0.381 e. The molecule has 1 saturated heterocycles. The van der Waals surface area contributed by atoms with Crippen LogP contribution in [0.15, 0.2) is 18.2 Å². The summed E-state index contributed by atoms with van der Waals surface area (Å²) in [4.78, 5) is 0. The number of fused-ring (bicyclic) bond motifs is 1. The molecule has 90 valence electrons. The Morgan fingerprint density at radius 3 is 3.00 bits per heavy atom. The van der Waals surface area contributed by atoms with Gasteiger partial charge in [-0.3, -0.25) is 0 Å². The van der Waals surface area contributed by atoms with Crippen LogP contribution in [0.4, 0.5) is 0 Å². The van der Waals surface area contributed by atoms with Gasteiger partial charge in [0.25, 0.3) is 0 Å². The fourth-order valence-electron chi connectivity index (χ4n) is 2.25. The van der Waals surface area contributed by atoms with Crippen LogP contribution in [-0.2, 0) is 11.3 Å². The van der Waals surface area contributed by atoms with Crippen molar-refractivity contribution in [1.82, 2.24) is 15.0 Å². The lowest BCUT2D eigenvalue weighted by molar-refractivity contribution is 0.0604. The normalized spacial score (nSPS) is 17.7. The van der Waals surface area contributed by atoms with E-state index in [0.29, 0.717) is 10.9 Å². The Morgan fingerprint density at radius 2 is 2.18 bits per heavy atom. The van der Waals surface area contributed by atoms with E-state index in [1.807, 2.05) is 22.9 Å². The molecule has 2 heterocycles. The molecule has 1 aliphatic heterocycles. The predicted molar refractivity (Wildman–Crippen MR) is 66.1 cm³/mol. The summed E-state index contributed by atoms with van der Waals surface area (Å²) in [6.07, 6.45) is 2.21. The van der Waals surface area contributed by atoms with E-state index in [9.17, 15) is 0 Å². The molecule has 3 rings (SSSR count). The Labute approximate surface area is 105 Å². The van der Waals surface area contributed by atoms with Crippen molar-refractivity contribution >= 4 is 22.6 Å². The molecule has 0 spiro atoms. The smallest absolute Gasteiger partial charge is 0.114 e. The molecule has 0 N–H and O–H groups in total. The number of rotatable bonds is 2. The van der Waals surface area contributed by atoms with Crippen molar-refractivity contribution in [3.8, 4) is 0 Å². The quantitative estimate of drug-likeness (QED) is 0.823. The van der Waals surface area contributed by atoms with Crippen LogP contribution in [0.5, 0.6) is 0 Å². The average molecular weight is 252 g/mol. The second-order valence-corrected chi connectivity index (χ2v) is 4.90. The van der Waals surface area contributed by atoms with Gasteiger partial charge in [0.2, 0.25) is 0 Å². The number of hydrogen-bond donors (Lipinski definition) is 0. The molecule has 0 bridgehead atoms. The highest BCUT2D eigenvalue weighted by Crippen LogP contribution is 2.21. The molecule has 17 heavy (non-hydrogen) atoms. The van der Waals surface area contributed by atoms with Crippen LogP contribution in [0.2, 0.25) is 5.02 Å². The van der Waals surface area contributed by atoms with Crippen LogP contribution in [0, 0.1) is 5.92 Å². The van der Waals surface area contributed by atoms with E-state index >= 15 is 0 Å². The number of benzene rings is 1. The van der Waals surface area contributed by atoms with E-state index in [4.69, 9.17) is 16.3 Å². The molecule has 1 aliphatic rings. The predicted octanol–water partition coefficient (Wildman–Crippen LogP) is 2.51. The van der Waals surface area contributed by atoms with Gasteiger partial charge < -0.3 is 4.74 Å². The Kier molecular flexibility index (Phi) is 2.99. The fourth-order valence-corrected chi connectivity index (χ4v) is 2.42. The Balaban J connectivity index is 1.84. The summed E-state index contributed by atoms with van der Waals surface area (Å²) in [5, 5.41) is 9.04. The third kappa shape index (κ3) is 2.28. The summed E-state index contributed by atoms with van der Waals surface area (Å²) < 4.78 is 7.33. The zero-order valence-electron chi connectivity index (χ0n) is 9.47. The molecule has 4 nitrogen and oxygen atoms in total. The summed E-state index contributed by atoms with van der Waals surface area (Å²) in [5.74, 6) is 0.643. The van der Waals surface area contributed by atoms with Crippen molar-refractivity contribution in [1.29, 1.82) is 0 Å². The molecule has 0 saturated carbocycles. The highest BCUT2D eigenvalue weighted by atomic mass is 35.5. The van der Waals surface area contributed by atoms with Gasteiger partial charge in [-0.15, -0.1) is 5.10 Å². The minimum Gasteiger partial charge on any atom is -0.381 e. The highest BCUT2D eigenvalue weighted by molar-refractivity contribution is 6.31. The molecule has 2 aromatic rings. The van der Waals surface area contributed by atoms with Gasteiger partial charge in [0, 0.05) is 24.8 Å². The van der Waals surface area contributed by atoms with Crippen molar-refractivity contribution in [3.05, 3.63) is 23.2 Å². The van der Waals surface area contributed by atoms with Gasteiger partial charge in [0.05, 0.1) is 5.52 Å². The second-order valence-electron chi connectivity index (χ2n) is 4.46. The molecule has 1 aromatic carbocycles. The van der Waals surface area contributed by atoms with Crippen LogP contribution in [0.1, 0.15) is 12.8 Å². The van der Waals surface area contributed by atoms with Gasteiger partial charge in [-0.05, 0) is 37.0 Å². The summed E-state index contributed by atoms with van der Waals surface area (Å²) in [5.41, 5.74) is 1.92. The molecular formula is C12H14ClN3O. The van der Waals surface area contributed by atoms with E-state index < -0.39 is 0 Å². The number of ether oxygens (including phenoxy) is 1. The summed E-state index contributed by atoms with van der Waals surface area (Å²) >= 11 is 5.93. The van der Waals surface area contributed by atoms with Crippen LogP contribution in [-0.4, -0.2) is 28.2 Å². The highest BCUT2D eigenvalue weighted by Gasteiger charge is 2.16. The molecule has 5 heteroatoms. The van der Waals surface area contributed by atoms with Crippen molar-refractivity contribution in [2.45, 2.75) is 19.4 Å². The van der Waals surface area contributed by atoms with Gasteiger partial charge in [0.1, 0.15) is 5.52 Å². The minimum atomic E-state index is 0.643. The van der Waals surface area contributed by atoms with E-state index in [-0.39, 0.29) is 0 Å². The molecule has 0 atom stereocenters. The first-order valence-electron chi connectivity index (χ1n) is 5.89. The lowest BCUT2D eigenvalue weighted by atomic mass is 10.0. The molecule has 0 unspecified atom stereocenters. The van der Waals surface area contributed by atoms with Gasteiger partial charge in [-0.25, -0.2) is 4.68 Å². The topological polar surface area (TPSA) is 39.9 Å². The lowest BCUT2D eigenvalue weighted by Gasteiger charge is -2.21. The molecule has 0 aliphatic carbocycles. The third-order valence-corrected chi connectivity index (χ3v) is 3.48. The van der Waals surface area contributed by atoms with Gasteiger partial charge in [0.15, 0.2) is 0 Å². The van der Waals surface area contributed by atoms with Gasteiger partial charge in [-0.2, -0.15) is 0 Å². The zero-order chi connectivity index (χ0) is 11.7. The number of halogens is 1. The lowest BCUT2D eigenvalue weighted by Crippen LogP contribution is -2.20. The monoisotopic (exact) mass is 251 g/mol. The Bertz CT molecular complexity index is 519. The van der Waals surface area contributed by atoms with E-state index in [0.717, 1.165) is 43.6 Å². The van der Waals surface area contributed by atoms with Crippen molar-refractivity contribution in [2.75, 3.05) is 13.2 Å². The maximum Gasteiger partial charge on any atom is 0.114 e. The fraction of sp³-hybridized carbons (Fsp3) is 0.500. The minimum absolute atomic E-state index is 0.643. The van der Waals surface area contributed by atoms with Gasteiger partial charge in [-0.1, -0.05) is 16.8 Å². The number of nitrogens with zero attached hydrogens (tertiary/aromatic N) is 3. The van der Waals surface area contributed by atoms with Crippen LogP contribution in [0.25, 0.3) is 11.0 Å². The van der Waals surface area contributed by atoms with E-state index in [2.05, 4.69) is 10.3 Å². The standard InChI is InChI=1S/C12H14ClN3O/c13-10-1-2-12-11(7-10)14-15-16(12)8-9-3-5-17-6-4-9/h1-2,7,9H,3-6,8H2. The third-order valence-electron chi connectivity index (χ3n) is 3.25. The van der Waals surface area contributed by atoms with Crippen molar-refractivity contribution < 1.29 is 4.74 Å². The zero-order valence-corrected chi connectivity index (χ0v) is 10.2. The summed E-state index contributed by atoms with van der Waals surface area (Å²) in [6.45, 7) is 2.65. The molecule has 0 radical (unpaired) electrons. The number of hydrogen-bond acceptors (Lipinski definition) is 3. The van der Waals surface area contributed by atoms with Crippen molar-refractivity contribution in [3.63, 3.8) is 0 Å². The first kappa shape index (κ1) is 11.0. The molecular weight excluding hydrogens is 238 g/mol. The summed E-state index contributed by atoms with van der Waals surface area (Å²) in [6, 6.07) is 5.72. The van der Waals surface area contributed by atoms with Gasteiger partial charge >= 0.3 is 0 Å². The van der Waals surface area contributed by atoms with Crippen molar-refractivity contribution in [2.24, 2.45) is 5.92 Å². The molecule has 0 amide bonds. The maximum atomic E-state index is 5.93. The Hall–Kier alpha value is -1.13. The summed E-state index contributed by atoms with van der Waals surface area (Å²) in [7, 11) is 0. The number of aromatic nitrogens is 3. The SMILES string of the molecule is Clc1ccc2c(c1)nnn2CC1CCOCC1. The molecule has 1 aromatic heterocycles. The second kappa shape index (κ2) is 4.63. The Morgan fingerprint density at radius 1 is 1.35 bits per heavy atom. The first-order valence-corrected chi connectivity index (χ1v) is 6.27. The van der Waals surface area contributed by atoms with Crippen LogP contribution < -0.4 is 0 Å². The van der Waals surface area contributed by atoms with Crippen LogP contribution >= 0.6 is 11.6 Å². The van der Waals surface area contributed by atoms with E-state index in [1.165, 1.54) is 0 Å². The maximum absolute atomic E-state index is 5.93. The average Bonchev–Trinajstić information content (AvgIpc) is 2.73. The van der Waals surface area contributed by atoms with E-state index in [1.54, 1.807) is 0 Å². The van der Waals surface area contributed by atoms with Crippen LogP contribution in [0.3, 0.4) is 0 Å². The molecule has 1 fully saturated rings.